The number of hydrogen-bond acceptors (Lipinski definition) is 5. The normalized spacial score (nSPS) is 12.4. The van der Waals surface area contributed by atoms with Crippen molar-refractivity contribution < 1.29 is 14.6 Å². The number of aromatic nitrogens is 3. The maximum Gasteiger partial charge on any atom is 0.291 e. The molecule has 0 saturated heterocycles. The predicted molar refractivity (Wildman–Crippen MR) is 56.0 cm³/mol. The van der Waals surface area contributed by atoms with Crippen molar-refractivity contribution in [1.82, 2.24) is 20.5 Å². The number of aryl methyl sites for hydroxylation is 1. The Bertz CT molecular complexity index is 333. The molecule has 0 saturated carbocycles. The molecule has 1 heterocycles. The maximum absolute atomic E-state index is 11.6. The van der Waals surface area contributed by atoms with Gasteiger partial charge in [-0.25, -0.2) is 4.98 Å². The highest BCUT2D eigenvalue weighted by Crippen LogP contribution is 1.96. The molecule has 0 aromatic carbocycles. The Hall–Kier alpha value is -1.47. The second kappa shape index (κ2) is 6.19. The summed E-state index contributed by atoms with van der Waals surface area (Å²) in [6.07, 6.45) is 0.434. The molecule has 16 heavy (non-hydrogen) atoms. The number of aromatic amines is 1. The first kappa shape index (κ1) is 12.6. The number of methoxy groups -OCH3 is 1. The van der Waals surface area contributed by atoms with Gasteiger partial charge in [0.25, 0.3) is 5.91 Å². The summed E-state index contributed by atoms with van der Waals surface area (Å²) in [5, 5.41) is 17.8. The maximum atomic E-state index is 11.6. The molecule has 7 nitrogen and oxygen atoms in total. The van der Waals surface area contributed by atoms with Crippen molar-refractivity contribution >= 4 is 5.91 Å². The number of nitrogens with one attached hydrogen (secondary N) is 2. The van der Waals surface area contributed by atoms with E-state index in [0.29, 0.717) is 18.9 Å². The Labute approximate surface area is 93.2 Å². The minimum atomic E-state index is -0.375. The number of nitrogens with zero attached hydrogens (tertiary/aromatic N) is 2. The van der Waals surface area contributed by atoms with Crippen LogP contribution in [0.4, 0.5) is 0 Å². The van der Waals surface area contributed by atoms with Crippen LogP contribution in [0.5, 0.6) is 0 Å². The number of carbonyl (C=O) groups is 1. The van der Waals surface area contributed by atoms with E-state index in [0.717, 1.165) is 0 Å². The summed E-state index contributed by atoms with van der Waals surface area (Å²) in [6.45, 7) is 2.04. The van der Waals surface area contributed by atoms with Crippen molar-refractivity contribution in [2.45, 2.75) is 19.4 Å². The summed E-state index contributed by atoms with van der Waals surface area (Å²) in [6, 6.07) is -0.235. The van der Waals surface area contributed by atoms with Crippen molar-refractivity contribution in [2.24, 2.45) is 0 Å². The van der Waals surface area contributed by atoms with Crippen LogP contribution in [0.2, 0.25) is 0 Å². The molecule has 0 aliphatic rings. The Balaban J connectivity index is 2.54. The third kappa shape index (κ3) is 3.59. The Morgan fingerprint density at radius 1 is 1.69 bits per heavy atom. The Morgan fingerprint density at radius 3 is 2.94 bits per heavy atom. The summed E-state index contributed by atoms with van der Waals surface area (Å²) >= 11 is 0. The monoisotopic (exact) mass is 228 g/mol. The standard InChI is InChI=1S/C9H16N4O3/c1-6-10-8(13-12-6)9(15)11-7(3-4-14)5-16-2/h7,14H,3-5H2,1-2H3,(H,11,15)(H,10,12,13). The summed E-state index contributed by atoms with van der Waals surface area (Å²) in [4.78, 5) is 15.5. The number of rotatable bonds is 6. The Morgan fingerprint density at radius 2 is 2.44 bits per heavy atom. The Kier molecular flexibility index (Phi) is 4.87. The van der Waals surface area contributed by atoms with Gasteiger partial charge in [0.1, 0.15) is 5.82 Å². The number of carbonyl (C=O) groups excluding carboxylic acids is 1. The van der Waals surface area contributed by atoms with Crippen molar-refractivity contribution in [3.05, 3.63) is 11.6 Å². The van der Waals surface area contributed by atoms with Crippen LogP contribution in [0, 0.1) is 6.92 Å². The number of ether oxygens (including phenoxy) is 1. The molecule has 1 aromatic heterocycles. The van der Waals surface area contributed by atoms with Crippen LogP contribution >= 0.6 is 0 Å². The lowest BCUT2D eigenvalue weighted by molar-refractivity contribution is 0.0869. The van der Waals surface area contributed by atoms with Gasteiger partial charge in [-0.15, -0.1) is 5.10 Å². The van der Waals surface area contributed by atoms with Crippen molar-refractivity contribution in [3.8, 4) is 0 Å². The van der Waals surface area contributed by atoms with E-state index in [1.165, 1.54) is 7.11 Å². The molecule has 3 N–H and O–H groups in total. The third-order valence-electron chi connectivity index (χ3n) is 1.98. The van der Waals surface area contributed by atoms with Gasteiger partial charge in [0, 0.05) is 13.7 Å². The number of hydrogen-bond donors (Lipinski definition) is 3. The van der Waals surface area contributed by atoms with Crippen LogP contribution < -0.4 is 5.32 Å². The van der Waals surface area contributed by atoms with Gasteiger partial charge in [-0.1, -0.05) is 0 Å². The highest BCUT2D eigenvalue weighted by molar-refractivity contribution is 5.90. The zero-order valence-corrected chi connectivity index (χ0v) is 9.36. The van der Waals surface area contributed by atoms with Crippen LogP contribution in [-0.2, 0) is 4.74 Å². The van der Waals surface area contributed by atoms with E-state index >= 15 is 0 Å². The minimum absolute atomic E-state index is 0.0126. The second-order valence-corrected chi connectivity index (χ2v) is 3.38. The summed E-state index contributed by atoms with van der Waals surface area (Å²) in [5.41, 5.74) is 0. The van der Waals surface area contributed by atoms with E-state index in [-0.39, 0.29) is 24.4 Å². The number of amides is 1. The molecule has 0 spiro atoms. The first-order valence-corrected chi connectivity index (χ1v) is 4.97. The van der Waals surface area contributed by atoms with Gasteiger partial charge in [0.2, 0.25) is 5.82 Å². The molecule has 0 bridgehead atoms. The average molecular weight is 228 g/mol. The summed E-state index contributed by atoms with van der Waals surface area (Å²) in [5.74, 6) is 0.298. The zero-order chi connectivity index (χ0) is 12.0. The van der Waals surface area contributed by atoms with E-state index in [9.17, 15) is 4.79 Å². The van der Waals surface area contributed by atoms with E-state index in [4.69, 9.17) is 9.84 Å². The second-order valence-electron chi connectivity index (χ2n) is 3.38. The smallest absolute Gasteiger partial charge is 0.291 e. The molecule has 0 aliphatic carbocycles. The molecule has 0 radical (unpaired) electrons. The van der Waals surface area contributed by atoms with Gasteiger partial charge in [0.05, 0.1) is 12.6 Å². The molecule has 0 fully saturated rings. The van der Waals surface area contributed by atoms with Gasteiger partial charge >= 0.3 is 0 Å². The predicted octanol–water partition coefficient (Wildman–Crippen LogP) is -0.760. The molecule has 90 valence electrons. The van der Waals surface area contributed by atoms with Crippen LogP contribution in [0.15, 0.2) is 0 Å². The molecule has 1 aromatic rings. The fourth-order valence-electron chi connectivity index (χ4n) is 1.25. The van der Waals surface area contributed by atoms with E-state index < -0.39 is 0 Å². The summed E-state index contributed by atoms with van der Waals surface area (Å²) in [7, 11) is 1.54. The highest BCUT2D eigenvalue weighted by atomic mass is 16.5. The van der Waals surface area contributed by atoms with Crippen LogP contribution in [0.25, 0.3) is 0 Å². The molecular weight excluding hydrogens is 212 g/mol. The number of aliphatic hydroxyl groups is 1. The lowest BCUT2D eigenvalue weighted by Gasteiger charge is -2.15. The lowest BCUT2D eigenvalue weighted by atomic mass is 10.2. The topological polar surface area (TPSA) is 100 Å². The quantitative estimate of drug-likeness (QED) is 0.594. The van der Waals surface area contributed by atoms with Crippen LogP contribution in [0.3, 0.4) is 0 Å². The van der Waals surface area contributed by atoms with Gasteiger partial charge in [0.15, 0.2) is 0 Å². The molecule has 1 atom stereocenters. The largest absolute Gasteiger partial charge is 0.396 e. The fraction of sp³-hybridized carbons (Fsp3) is 0.667. The molecule has 1 unspecified atom stereocenters. The van der Waals surface area contributed by atoms with E-state index in [1.54, 1.807) is 6.92 Å². The lowest BCUT2D eigenvalue weighted by Crippen LogP contribution is -2.39. The number of aliphatic hydroxyl groups excluding tert-OH is 1. The molecule has 7 heteroatoms. The van der Waals surface area contributed by atoms with E-state index in [2.05, 4.69) is 20.5 Å². The first-order valence-electron chi connectivity index (χ1n) is 4.97. The van der Waals surface area contributed by atoms with Gasteiger partial charge < -0.3 is 15.2 Å². The zero-order valence-electron chi connectivity index (χ0n) is 9.36. The molecule has 1 amide bonds. The van der Waals surface area contributed by atoms with Crippen molar-refractivity contribution in [3.63, 3.8) is 0 Å². The average Bonchev–Trinajstić information content (AvgIpc) is 2.65. The molecular formula is C9H16N4O3. The SMILES string of the molecule is COCC(CCO)NC(=O)c1n[nH]c(C)n1. The van der Waals surface area contributed by atoms with Gasteiger partial charge in [-0.2, -0.15) is 0 Å². The first-order chi connectivity index (χ1) is 7.67. The fourth-order valence-corrected chi connectivity index (χ4v) is 1.25. The van der Waals surface area contributed by atoms with Crippen LogP contribution in [0.1, 0.15) is 22.9 Å². The van der Waals surface area contributed by atoms with Gasteiger partial charge in [-0.05, 0) is 13.3 Å². The van der Waals surface area contributed by atoms with Crippen molar-refractivity contribution in [2.75, 3.05) is 20.3 Å². The van der Waals surface area contributed by atoms with Crippen LogP contribution in [-0.4, -0.2) is 52.6 Å². The third-order valence-corrected chi connectivity index (χ3v) is 1.98. The summed E-state index contributed by atoms with van der Waals surface area (Å²) < 4.78 is 4.92. The molecule has 1 rings (SSSR count). The molecule has 0 aliphatic heterocycles. The highest BCUT2D eigenvalue weighted by Gasteiger charge is 2.16. The van der Waals surface area contributed by atoms with Crippen molar-refractivity contribution in [1.29, 1.82) is 0 Å². The van der Waals surface area contributed by atoms with Gasteiger partial charge in [-0.3, -0.25) is 9.89 Å². The van der Waals surface area contributed by atoms with E-state index in [1.807, 2.05) is 0 Å². The minimum Gasteiger partial charge on any atom is -0.396 e. The number of H-pyrrole nitrogens is 1.